The van der Waals surface area contributed by atoms with E-state index in [-0.39, 0.29) is 11.3 Å². The maximum absolute atomic E-state index is 13.7. The molecular weight excluding hydrogens is 432 g/mol. The maximum atomic E-state index is 13.7. The topological polar surface area (TPSA) is 182 Å². The zero-order chi connectivity index (χ0) is 24.7. The van der Waals surface area contributed by atoms with Crippen molar-refractivity contribution in [3.05, 3.63) is 45.7 Å². The van der Waals surface area contributed by atoms with E-state index in [1.807, 2.05) is 0 Å². The molecule has 1 fully saturated rings. The van der Waals surface area contributed by atoms with Crippen LogP contribution < -0.4 is 5.73 Å². The van der Waals surface area contributed by atoms with Crippen LogP contribution in [0.2, 0.25) is 0 Å². The van der Waals surface area contributed by atoms with Crippen molar-refractivity contribution in [3.8, 4) is 5.75 Å². The fourth-order valence-corrected chi connectivity index (χ4v) is 5.79. The third-order valence-corrected chi connectivity index (χ3v) is 7.21. The zero-order valence-corrected chi connectivity index (χ0v) is 18.5. The summed E-state index contributed by atoms with van der Waals surface area (Å²) in [5.74, 6) is -8.86. The van der Waals surface area contributed by atoms with Crippen LogP contribution in [0.5, 0.6) is 5.75 Å². The molecule has 0 aromatic heterocycles. The monoisotopic (exact) mass is 458 g/mol. The van der Waals surface area contributed by atoms with Crippen molar-refractivity contribution in [2.75, 3.05) is 14.1 Å². The first-order valence-corrected chi connectivity index (χ1v) is 10.4. The highest BCUT2D eigenvalue weighted by molar-refractivity contribution is 6.24. The van der Waals surface area contributed by atoms with Crippen LogP contribution in [-0.4, -0.2) is 79.7 Å². The Labute approximate surface area is 189 Å². The van der Waals surface area contributed by atoms with Gasteiger partial charge in [-0.1, -0.05) is 13.0 Å². The Morgan fingerprint density at radius 1 is 1.15 bits per heavy atom. The number of Topliss-reactive ketones (excluding diaryl/α,β-unsaturated/α-hetero) is 2. The lowest BCUT2D eigenvalue weighted by Gasteiger charge is -2.53. The number of benzene rings is 1. The summed E-state index contributed by atoms with van der Waals surface area (Å²) in [7, 11) is 2.93. The fourth-order valence-electron chi connectivity index (χ4n) is 5.79. The van der Waals surface area contributed by atoms with Crippen LogP contribution in [0.15, 0.2) is 29.0 Å². The summed E-state index contributed by atoms with van der Waals surface area (Å²) in [5.41, 5.74) is 2.19. The minimum atomic E-state index is -2.90. The molecule has 3 unspecified atom stereocenters. The molecule has 10 heteroatoms. The molecule has 1 aromatic rings. The largest absolute Gasteiger partial charge is 0.508 e. The van der Waals surface area contributed by atoms with Gasteiger partial charge in [0, 0.05) is 11.5 Å². The smallest absolute Gasteiger partial charge is 0.255 e. The second-order valence-electron chi connectivity index (χ2n) is 9.30. The van der Waals surface area contributed by atoms with E-state index in [0.717, 1.165) is 0 Å². The fraction of sp³-hybridized carbons (Fsp3) is 0.435. The van der Waals surface area contributed by atoms with Gasteiger partial charge in [0.2, 0.25) is 5.78 Å². The number of nitrogens with two attached hydrogens (primary N) is 1. The van der Waals surface area contributed by atoms with E-state index < -0.39 is 75.6 Å². The Balaban J connectivity index is 2.07. The van der Waals surface area contributed by atoms with Gasteiger partial charge in [-0.2, -0.15) is 0 Å². The van der Waals surface area contributed by atoms with Gasteiger partial charge in [-0.3, -0.25) is 19.3 Å². The third kappa shape index (κ3) is 2.74. The highest BCUT2D eigenvalue weighted by Gasteiger charge is 2.68. The molecule has 0 saturated heterocycles. The Hall–Kier alpha value is -3.21. The molecule has 0 bridgehead atoms. The molecular formula is C23H26N2O8. The highest BCUT2D eigenvalue weighted by atomic mass is 16.4. The van der Waals surface area contributed by atoms with Crippen molar-refractivity contribution in [2.24, 2.45) is 17.6 Å². The van der Waals surface area contributed by atoms with Crippen molar-refractivity contribution in [1.29, 1.82) is 0 Å². The number of aromatic hydroxyl groups is 1. The number of phenolic OH excluding ortho intramolecular Hbond substituents is 1. The van der Waals surface area contributed by atoms with Crippen molar-refractivity contribution >= 4 is 23.2 Å². The van der Waals surface area contributed by atoms with Gasteiger partial charge in [0.25, 0.3) is 5.91 Å². The molecule has 3 aliphatic carbocycles. The molecule has 1 aromatic carbocycles. The molecule has 10 nitrogen and oxygen atoms in total. The average Bonchev–Trinajstić information content (AvgIpc) is 2.70. The van der Waals surface area contributed by atoms with Crippen LogP contribution in [0, 0.1) is 18.8 Å². The summed E-state index contributed by atoms with van der Waals surface area (Å²) < 4.78 is 0. The van der Waals surface area contributed by atoms with Crippen LogP contribution in [0.1, 0.15) is 29.5 Å². The van der Waals surface area contributed by atoms with Gasteiger partial charge >= 0.3 is 0 Å². The van der Waals surface area contributed by atoms with E-state index in [1.54, 1.807) is 19.9 Å². The number of nitrogens with zero attached hydrogens (tertiary/aromatic N) is 1. The van der Waals surface area contributed by atoms with E-state index in [4.69, 9.17) is 5.73 Å². The Morgan fingerprint density at radius 3 is 2.30 bits per heavy atom. The minimum absolute atomic E-state index is 0.0170. The first-order valence-electron chi connectivity index (χ1n) is 10.4. The molecule has 3 aliphatic rings. The standard InChI is InChI=1S/C23H26N2O8/c1-7-5-9-8(2)11-13(17(27)12(9)10(26)6-7)20(30)23(33)15(18(11)28)16(25(3)4)19(29)14(21(23)31)22(24)32/h5-6,8,11,15-16,18,26-28,31,33H,1-4H3,(H2,24,32)/t8-,11?,15?,16-,18?,23-/m0/s1. The van der Waals surface area contributed by atoms with Crippen molar-refractivity contribution in [1.82, 2.24) is 4.90 Å². The summed E-state index contributed by atoms with van der Waals surface area (Å²) in [6.07, 6.45) is -1.59. The predicted octanol–water partition coefficient (Wildman–Crippen LogP) is -0.196. The summed E-state index contributed by atoms with van der Waals surface area (Å²) in [6.45, 7) is 3.43. The number of ketones is 2. The summed E-state index contributed by atoms with van der Waals surface area (Å²) >= 11 is 0. The van der Waals surface area contributed by atoms with Crippen LogP contribution in [0.25, 0.3) is 5.76 Å². The molecule has 7 N–H and O–H groups in total. The third-order valence-electron chi connectivity index (χ3n) is 7.21. The Bertz CT molecular complexity index is 1180. The number of hydrogen-bond donors (Lipinski definition) is 6. The second-order valence-corrected chi connectivity index (χ2v) is 9.30. The normalized spacial score (nSPS) is 33.7. The quantitative estimate of drug-likeness (QED) is 0.327. The average molecular weight is 458 g/mol. The number of aryl methyl sites for hydroxylation is 1. The first-order chi connectivity index (χ1) is 15.3. The SMILES string of the molecule is Cc1cc(O)c2c(c1)[C@H](C)C1C(=C2O)C(=O)[C@]2(O)C(O)=C(C(N)=O)C(=O)[C@@H](N(C)C)C2C1O. The number of hydrogen-bond acceptors (Lipinski definition) is 9. The number of likely N-dealkylation sites (N-methyl/N-ethyl adjacent to an activating group) is 1. The van der Waals surface area contributed by atoms with E-state index in [0.29, 0.717) is 11.1 Å². The molecule has 0 spiro atoms. The molecule has 176 valence electrons. The van der Waals surface area contributed by atoms with Gasteiger partial charge in [-0.05, 0) is 44.1 Å². The molecule has 4 rings (SSSR count). The van der Waals surface area contributed by atoms with E-state index >= 15 is 0 Å². The molecule has 1 amide bonds. The van der Waals surface area contributed by atoms with Crippen LogP contribution in [0.3, 0.4) is 0 Å². The number of carbonyl (C=O) groups is 3. The number of phenols is 1. The van der Waals surface area contributed by atoms with Gasteiger partial charge < -0.3 is 31.3 Å². The lowest BCUT2D eigenvalue weighted by molar-refractivity contribution is -0.169. The van der Waals surface area contributed by atoms with E-state index in [9.17, 15) is 39.9 Å². The number of aliphatic hydroxyl groups excluding tert-OH is 3. The molecule has 0 radical (unpaired) electrons. The number of primary amides is 1. The first kappa shape index (κ1) is 23.0. The van der Waals surface area contributed by atoms with Crippen molar-refractivity contribution < 1.29 is 39.9 Å². The molecule has 1 saturated carbocycles. The summed E-state index contributed by atoms with van der Waals surface area (Å²) in [4.78, 5) is 40.1. The highest BCUT2D eigenvalue weighted by Crippen LogP contribution is 2.56. The number of amides is 1. The number of rotatable bonds is 2. The van der Waals surface area contributed by atoms with Crippen LogP contribution in [-0.2, 0) is 14.4 Å². The number of carbonyl (C=O) groups excluding carboxylic acids is 3. The van der Waals surface area contributed by atoms with Gasteiger partial charge in [0.1, 0.15) is 22.8 Å². The summed E-state index contributed by atoms with van der Waals surface area (Å²) in [6, 6.07) is 1.74. The molecule has 33 heavy (non-hydrogen) atoms. The Kier molecular flexibility index (Phi) is 4.97. The van der Waals surface area contributed by atoms with E-state index in [2.05, 4.69) is 0 Å². The lowest BCUT2D eigenvalue weighted by Crippen LogP contribution is -2.70. The minimum Gasteiger partial charge on any atom is -0.508 e. The van der Waals surface area contributed by atoms with Gasteiger partial charge in [-0.25, -0.2) is 0 Å². The van der Waals surface area contributed by atoms with Crippen molar-refractivity contribution in [2.45, 2.75) is 37.5 Å². The summed E-state index contributed by atoms with van der Waals surface area (Å²) in [5, 5.41) is 55.3. The Morgan fingerprint density at radius 2 is 1.76 bits per heavy atom. The van der Waals surface area contributed by atoms with Gasteiger partial charge in [0.05, 0.1) is 23.6 Å². The molecule has 6 atom stereocenters. The number of fused-ring (bicyclic) bond motifs is 3. The predicted molar refractivity (Wildman–Crippen MR) is 115 cm³/mol. The van der Waals surface area contributed by atoms with Gasteiger partial charge in [0.15, 0.2) is 11.4 Å². The lowest BCUT2D eigenvalue weighted by atomic mass is 9.54. The number of aliphatic hydroxyl groups is 4. The zero-order valence-electron chi connectivity index (χ0n) is 18.5. The van der Waals surface area contributed by atoms with Crippen molar-refractivity contribution in [3.63, 3.8) is 0 Å². The maximum Gasteiger partial charge on any atom is 0.255 e. The second kappa shape index (κ2) is 7.14. The molecule has 0 heterocycles. The van der Waals surface area contributed by atoms with E-state index in [1.165, 1.54) is 25.1 Å². The molecule has 0 aliphatic heterocycles. The van der Waals surface area contributed by atoms with Gasteiger partial charge in [-0.15, -0.1) is 0 Å². The van der Waals surface area contributed by atoms with Crippen LogP contribution in [0.4, 0.5) is 0 Å². The van der Waals surface area contributed by atoms with Crippen LogP contribution >= 0.6 is 0 Å².